The maximum absolute atomic E-state index is 14.8. The highest BCUT2D eigenvalue weighted by Gasteiger charge is 2.30. The summed E-state index contributed by atoms with van der Waals surface area (Å²) < 4.78 is 41.2. The zero-order valence-corrected chi connectivity index (χ0v) is 19.9. The number of methoxy groups -OCH3 is 2. The number of hydrogen-bond donors (Lipinski definition) is 1. The van der Waals surface area contributed by atoms with Gasteiger partial charge in [-0.25, -0.2) is 13.8 Å². The first kappa shape index (κ1) is 24.7. The lowest BCUT2D eigenvalue weighted by molar-refractivity contribution is -0.125. The van der Waals surface area contributed by atoms with Crippen molar-refractivity contribution in [3.8, 4) is 23.3 Å². The van der Waals surface area contributed by atoms with E-state index in [1.165, 1.54) is 33.4 Å². The highest BCUT2D eigenvalue weighted by Crippen LogP contribution is 2.33. The number of halogens is 2. The lowest BCUT2D eigenvalue weighted by atomic mass is 10.1. The van der Waals surface area contributed by atoms with Crippen LogP contribution >= 0.6 is 0 Å². The Morgan fingerprint density at radius 3 is 2.47 bits per heavy atom. The van der Waals surface area contributed by atoms with Crippen molar-refractivity contribution in [2.75, 3.05) is 33.0 Å². The smallest absolute Gasteiger partial charge is 0.246 e. The molecule has 1 atom stereocenters. The summed E-state index contributed by atoms with van der Waals surface area (Å²) in [5.74, 6) is 2.21. The van der Waals surface area contributed by atoms with Gasteiger partial charge < -0.3 is 20.1 Å². The SMILES string of the molecule is C=CC(=O)N1CC[C@H](n2nc(C#Cc3c(F)c(OC)cc(OC)c3F)c3c(N)ncc(C(C)=O)c32)C1. The monoisotopic (exact) mass is 495 g/mol. The number of Topliss-reactive ketones (excluding diaryl/α,β-unsaturated/α-hetero) is 1. The van der Waals surface area contributed by atoms with E-state index < -0.39 is 17.2 Å². The number of nitrogens with two attached hydrogens (primary N) is 1. The van der Waals surface area contributed by atoms with E-state index in [4.69, 9.17) is 15.2 Å². The minimum Gasteiger partial charge on any atom is -0.493 e. The van der Waals surface area contributed by atoms with Crippen LogP contribution in [0.15, 0.2) is 24.9 Å². The standard InChI is InChI=1S/C25H23F2N5O4/c1-5-20(34)31-9-8-14(12-31)32-24-16(13(2)33)11-29-25(28)21(24)17(30-32)7-6-15-22(26)18(35-3)10-19(36-4)23(15)27/h5,10-11,14H,1,8-9,12H2,2-4H3,(H2,28,29)/t14-/m0/s1. The van der Waals surface area contributed by atoms with Crippen molar-refractivity contribution in [3.05, 3.63) is 53.4 Å². The highest BCUT2D eigenvalue weighted by molar-refractivity contribution is 6.09. The van der Waals surface area contributed by atoms with Gasteiger partial charge >= 0.3 is 0 Å². The van der Waals surface area contributed by atoms with Gasteiger partial charge in [0.2, 0.25) is 5.91 Å². The summed E-state index contributed by atoms with van der Waals surface area (Å²) in [5.41, 5.74) is 6.29. The number of carbonyl (C=O) groups is 2. The molecule has 2 aromatic heterocycles. The average Bonchev–Trinajstić information content (AvgIpc) is 3.49. The number of benzene rings is 1. The number of ether oxygens (including phenoxy) is 2. The van der Waals surface area contributed by atoms with Gasteiger partial charge in [0.1, 0.15) is 17.1 Å². The zero-order valence-electron chi connectivity index (χ0n) is 19.9. The molecule has 0 saturated carbocycles. The molecule has 186 valence electrons. The van der Waals surface area contributed by atoms with E-state index >= 15 is 0 Å². The molecular weight excluding hydrogens is 472 g/mol. The van der Waals surface area contributed by atoms with Crippen LogP contribution in [0.25, 0.3) is 10.9 Å². The number of aromatic nitrogens is 3. The van der Waals surface area contributed by atoms with E-state index in [-0.39, 0.29) is 51.7 Å². The molecule has 1 amide bonds. The van der Waals surface area contributed by atoms with E-state index in [1.807, 2.05) is 0 Å². The number of hydrogen-bond acceptors (Lipinski definition) is 7. The van der Waals surface area contributed by atoms with Gasteiger partial charge in [0.25, 0.3) is 0 Å². The average molecular weight is 495 g/mol. The van der Waals surface area contributed by atoms with Gasteiger partial charge in [-0.3, -0.25) is 14.3 Å². The third-order valence-electron chi connectivity index (χ3n) is 6.01. The van der Waals surface area contributed by atoms with Crippen molar-refractivity contribution in [3.63, 3.8) is 0 Å². The molecule has 3 heterocycles. The van der Waals surface area contributed by atoms with Crippen LogP contribution in [0.2, 0.25) is 0 Å². The first-order valence-electron chi connectivity index (χ1n) is 10.9. The van der Waals surface area contributed by atoms with Crippen LogP contribution in [0, 0.1) is 23.5 Å². The fourth-order valence-corrected chi connectivity index (χ4v) is 4.19. The summed E-state index contributed by atoms with van der Waals surface area (Å²) in [6, 6.07) is 0.787. The third-order valence-corrected chi connectivity index (χ3v) is 6.01. The van der Waals surface area contributed by atoms with E-state index in [2.05, 4.69) is 28.5 Å². The van der Waals surface area contributed by atoms with Crippen LogP contribution in [-0.2, 0) is 4.79 Å². The number of ketones is 1. The van der Waals surface area contributed by atoms with Gasteiger partial charge in [0.15, 0.2) is 28.9 Å². The van der Waals surface area contributed by atoms with Crippen molar-refractivity contribution < 1.29 is 27.8 Å². The molecular formula is C25H23F2N5O4. The van der Waals surface area contributed by atoms with Crippen molar-refractivity contribution in [1.82, 2.24) is 19.7 Å². The molecule has 1 aromatic carbocycles. The number of carbonyl (C=O) groups excluding carboxylic acids is 2. The van der Waals surface area contributed by atoms with Crippen LogP contribution in [0.4, 0.5) is 14.6 Å². The Morgan fingerprint density at radius 2 is 1.89 bits per heavy atom. The summed E-state index contributed by atoms with van der Waals surface area (Å²) in [6.45, 7) is 5.69. The van der Waals surface area contributed by atoms with E-state index in [0.29, 0.717) is 25.0 Å². The molecule has 2 N–H and O–H groups in total. The molecule has 4 rings (SSSR count). The fourth-order valence-electron chi connectivity index (χ4n) is 4.19. The zero-order chi connectivity index (χ0) is 26.1. The summed E-state index contributed by atoms with van der Waals surface area (Å²) in [6.07, 6.45) is 3.14. The topological polar surface area (TPSA) is 113 Å². The minimum absolute atomic E-state index is 0.0479. The Kier molecular flexibility index (Phi) is 6.61. The Labute approximate surface area is 205 Å². The van der Waals surface area contributed by atoms with Crippen molar-refractivity contribution in [2.45, 2.75) is 19.4 Å². The minimum atomic E-state index is -1.00. The molecule has 0 bridgehead atoms. The van der Waals surface area contributed by atoms with Crippen LogP contribution in [0.1, 0.15) is 41.0 Å². The summed E-state index contributed by atoms with van der Waals surface area (Å²) >= 11 is 0. The van der Waals surface area contributed by atoms with Crippen LogP contribution in [0.3, 0.4) is 0 Å². The van der Waals surface area contributed by atoms with Gasteiger partial charge in [0, 0.05) is 25.4 Å². The summed E-state index contributed by atoms with van der Waals surface area (Å²) in [5, 5.41) is 4.83. The number of amides is 1. The Hall–Kier alpha value is -4.46. The van der Waals surface area contributed by atoms with Crippen molar-refractivity contribution >= 4 is 28.4 Å². The van der Waals surface area contributed by atoms with Gasteiger partial charge in [-0.1, -0.05) is 12.5 Å². The van der Waals surface area contributed by atoms with E-state index in [1.54, 1.807) is 9.58 Å². The number of anilines is 1. The molecule has 0 spiro atoms. The van der Waals surface area contributed by atoms with Gasteiger partial charge in [0.05, 0.1) is 36.7 Å². The molecule has 11 heteroatoms. The maximum Gasteiger partial charge on any atom is 0.246 e. The fraction of sp³-hybridized carbons (Fsp3) is 0.280. The molecule has 0 radical (unpaired) electrons. The number of pyridine rings is 1. The quantitative estimate of drug-likeness (QED) is 0.329. The lowest BCUT2D eigenvalue weighted by Crippen LogP contribution is -2.27. The van der Waals surface area contributed by atoms with E-state index in [0.717, 1.165) is 6.07 Å². The molecule has 0 aliphatic carbocycles. The predicted octanol–water partition coefficient (Wildman–Crippen LogP) is 2.87. The van der Waals surface area contributed by atoms with Gasteiger partial charge in [-0.2, -0.15) is 5.10 Å². The Bertz CT molecular complexity index is 1440. The largest absolute Gasteiger partial charge is 0.493 e. The second kappa shape index (κ2) is 9.65. The molecule has 1 aliphatic heterocycles. The highest BCUT2D eigenvalue weighted by atomic mass is 19.1. The lowest BCUT2D eigenvalue weighted by Gasteiger charge is -2.16. The first-order chi connectivity index (χ1) is 17.2. The predicted molar refractivity (Wildman–Crippen MR) is 128 cm³/mol. The molecule has 36 heavy (non-hydrogen) atoms. The summed E-state index contributed by atoms with van der Waals surface area (Å²) in [4.78, 5) is 30.2. The van der Waals surface area contributed by atoms with Crippen molar-refractivity contribution in [1.29, 1.82) is 0 Å². The van der Waals surface area contributed by atoms with Crippen molar-refractivity contribution in [2.24, 2.45) is 0 Å². The number of rotatable bonds is 5. The number of fused-ring (bicyclic) bond motifs is 1. The number of likely N-dealkylation sites (tertiary alicyclic amines) is 1. The molecule has 3 aromatic rings. The van der Waals surface area contributed by atoms with Gasteiger partial charge in [-0.15, -0.1) is 0 Å². The second-order valence-corrected chi connectivity index (χ2v) is 8.10. The van der Waals surface area contributed by atoms with Crippen LogP contribution in [0.5, 0.6) is 11.5 Å². The third kappa shape index (κ3) is 4.11. The first-order valence-corrected chi connectivity index (χ1v) is 10.9. The molecule has 1 saturated heterocycles. The normalized spacial score (nSPS) is 14.9. The van der Waals surface area contributed by atoms with Crippen LogP contribution in [-0.4, -0.2) is 58.7 Å². The van der Waals surface area contributed by atoms with E-state index in [9.17, 15) is 18.4 Å². The summed E-state index contributed by atoms with van der Waals surface area (Å²) in [7, 11) is 2.47. The molecule has 9 nitrogen and oxygen atoms in total. The molecule has 1 aliphatic rings. The second-order valence-electron chi connectivity index (χ2n) is 8.10. The van der Waals surface area contributed by atoms with Crippen LogP contribution < -0.4 is 15.2 Å². The number of nitrogens with zero attached hydrogens (tertiary/aromatic N) is 4. The maximum atomic E-state index is 14.8. The Morgan fingerprint density at radius 1 is 1.22 bits per heavy atom. The molecule has 0 unspecified atom stereocenters. The van der Waals surface area contributed by atoms with Gasteiger partial charge in [-0.05, 0) is 25.3 Å². The molecule has 1 fully saturated rings. The Balaban J connectivity index is 1.92. The number of nitrogen functional groups attached to an aromatic ring is 1.